The van der Waals surface area contributed by atoms with Gasteiger partial charge in [-0.3, -0.25) is 0 Å². The Morgan fingerprint density at radius 3 is 2.36 bits per heavy atom. The summed E-state index contributed by atoms with van der Waals surface area (Å²) >= 11 is 17.8. The van der Waals surface area contributed by atoms with E-state index in [1.165, 1.54) is 0 Å². The second-order valence-corrected chi connectivity index (χ2v) is 7.67. The van der Waals surface area contributed by atoms with Gasteiger partial charge in [-0.1, -0.05) is 65.1 Å². The van der Waals surface area contributed by atoms with E-state index >= 15 is 0 Å². The van der Waals surface area contributed by atoms with Crippen LogP contribution in [0.25, 0.3) is 11.4 Å². The monoisotopic (exact) mass is 357 g/mol. The molecule has 8 heteroatoms. The highest BCUT2D eigenvalue weighted by molar-refractivity contribution is 6.66. The van der Waals surface area contributed by atoms with Crippen molar-refractivity contribution in [3.8, 4) is 11.4 Å². The molecule has 0 spiro atoms. The maximum absolute atomic E-state index is 6.06. The molecule has 3 N–H and O–H groups in total. The quantitative estimate of drug-likeness (QED) is 0.820. The summed E-state index contributed by atoms with van der Waals surface area (Å²) in [6.45, 7) is 0.574. The number of benzene rings is 1. The van der Waals surface area contributed by atoms with Gasteiger partial charge in [0, 0.05) is 17.6 Å². The van der Waals surface area contributed by atoms with Gasteiger partial charge in [0.25, 0.3) is 0 Å². The first-order valence-electron chi connectivity index (χ1n) is 6.77. The Labute approximate surface area is 143 Å². The lowest BCUT2D eigenvalue weighted by Gasteiger charge is -2.14. The summed E-state index contributed by atoms with van der Waals surface area (Å²) in [6, 6.07) is 9.45. The summed E-state index contributed by atoms with van der Waals surface area (Å²) in [5, 5.41) is 3.11. The van der Waals surface area contributed by atoms with Crippen molar-refractivity contribution in [1.82, 2.24) is 15.0 Å². The number of halogens is 3. The zero-order valence-corrected chi connectivity index (χ0v) is 13.8. The van der Waals surface area contributed by atoms with E-state index in [0.29, 0.717) is 18.3 Å². The second-order valence-electron chi connectivity index (χ2n) is 5.39. The van der Waals surface area contributed by atoms with Crippen molar-refractivity contribution < 1.29 is 0 Å². The maximum atomic E-state index is 6.06. The average Bonchev–Trinajstić information content (AvgIpc) is 3.23. The summed E-state index contributed by atoms with van der Waals surface area (Å²) < 4.78 is -1.72. The van der Waals surface area contributed by atoms with E-state index < -0.39 is 3.79 Å². The minimum atomic E-state index is -1.72. The Bertz CT molecular complexity index is 668. The molecule has 1 aromatic carbocycles. The fourth-order valence-electron chi connectivity index (χ4n) is 1.89. The molecule has 0 bridgehead atoms. The molecule has 1 aromatic heterocycles. The highest BCUT2D eigenvalue weighted by atomic mass is 35.6. The molecule has 22 heavy (non-hydrogen) atoms. The van der Waals surface area contributed by atoms with Gasteiger partial charge in [-0.05, 0) is 12.8 Å². The van der Waals surface area contributed by atoms with Gasteiger partial charge in [0.1, 0.15) is 0 Å². The maximum Gasteiger partial charge on any atom is 0.250 e. The summed E-state index contributed by atoms with van der Waals surface area (Å²) in [6.07, 6.45) is 1.96. The second kappa shape index (κ2) is 5.81. The summed E-state index contributed by atoms with van der Waals surface area (Å²) in [5.41, 5.74) is 6.69. The molecule has 0 aliphatic heterocycles. The van der Waals surface area contributed by atoms with Crippen LogP contribution in [-0.2, 0) is 3.79 Å². The SMILES string of the molecule is NC1(CNc2nc(-c3ccccc3)nc(C(Cl)(Cl)Cl)n2)CC1. The van der Waals surface area contributed by atoms with E-state index in [-0.39, 0.29) is 11.4 Å². The van der Waals surface area contributed by atoms with E-state index in [1.807, 2.05) is 30.3 Å². The molecule has 0 saturated heterocycles. The van der Waals surface area contributed by atoms with Crippen LogP contribution >= 0.6 is 34.8 Å². The highest BCUT2D eigenvalue weighted by Crippen LogP contribution is 2.37. The third kappa shape index (κ3) is 3.79. The van der Waals surface area contributed by atoms with E-state index in [4.69, 9.17) is 40.5 Å². The lowest BCUT2D eigenvalue weighted by Crippen LogP contribution is -2.31. The van der Waals surface area contributed by atoms with Crippen molar-refractivity contribution in [2.45, 2.75) is 22.2 Å². The van der Waals surface area contributed by atoms with Crippen molar-refractivity contribution in [3.63, 3.8) is 0 Å². The summed E-state index contributed by atoms with van der Waals surface area (Å²) in [5.74, 6) is 0.879. The Kier molecular flexibility index (Phi) is 4.16. The Hall–Kier alpha value is -1.14. The number of rotatable bonds is 4. The number of nitrogens with one attached hydrogen (secondary N) is 1. The van der Waals surface area contributed by atoms with E-state index in [1.54, 1.807) is 0 Å². The van der Waals surface area contributed by atoms with Crippen molar-refractivity contribution in [2.75, 3.05) is 11.9 Å². The minimum absolute atomic E-state index is 0.0794. The average molecular weight is 359 g/mol. The molecule has 2 aromatic rings. The number of aromatic nitrogens is 3. The van der Waals surface area contributed by atoms with Crippen LogP contribution in [0, 0.1) is 0 Å². The molecule has 5 nitrogen and oxygen atoms in total. The molecule has 3 rings (SSSR count). The summed E-state index contributed by atoms with van der Waals surface area (Å²) in [4.78, 5) is 12.8. The van der Waals surface area contributed by atoms with Crippen LogP contribution in [-0.4, -0.2) is 27.0 Å². The zero-order valence-electron chi connectivity index (χ0n) is 11.6. The van der Waals surface area contributed by atoms with Crippen LogP contribution in [0.3, 0.4) is 0 Å². The van der Waals surface area contributed by atoms with E-state index in [9.17, 15) is 0 Å². The number of hydrogen-bond donors (Lipinski definition) is 2. The highest BCUT2D eigenvalue weighted by Gasteiger charge is 2.38. The van der Waals surface area contributed by atoms with Crippen LogP contribution in [0.15, 0.2) is 30.3 Å². The van der Waals surface area contributed by atoms with Crippen LogP contribution in [0.2, 0.25) is 0 Å². The smallest absolute Gasteiger partial charge is 0.250 e. The molecule has 1 heterocycles. The molecule has 116 valence electrons. The molecule has 1 saturated carbocycles. The standard InChI is InChI=1S/C14H14Cl3N5/c15-14(16,17)11-20-10(9-4-2-1-3-5-9)21-12(22-11)19-8-13(18)6-7-13/h1-5H,6-8,18H2,(H,19,20,21,22). The fraction of sp³-hybridized carbons (Fsp3) is 0.357. The Balaban J connectivity index is 1.95. The van der Waals surface area contributed by atoms with Crippen molar-refractivity contribution in [1.29, 1.82) is 0 Å². The van der Waals surface area contributed by atoms with Crippen LogP contribution in [0.5, 0.6) is 0 Å². The van der Waals surface area contributed by atoms with Gasteiger partial charge in [0.2, 0.25) is 9.74 Å². The minimum Gasteiger partial charge on any atom is -0.352 e. The third-order valence-electron chi connectivity index (χ3n) is 3.41. The molecule has 1 fully saturated rings. The lowest BCUT2D eigenvalue weighted by molar-refractivity contribution is 0.706. The molecular weight excluding hydrogens is 345 g/mol. The van der Waals surface area contributed by atoms with Gasteiger partial charge in [-0.25, -0.2) is 4.98 Å². The van der Waals surface area contributed by atoms with Gasteiger partial charge < -0.3 is 11.1 Å². The third-order valence-corrected chi connectivity index (χ3v) is 3.92. The molecular formula is C14H14Cl3N5. The van der Waals surface area contributed by atoms with Gasteiger partial charge in [0.05, 0.1) is 0 Å². The van der Waals surface area contributed by atoms with Crippen molar-refractivity contribution in [2.24, 2.45) is 5.73 Å². The van der Waals surface area contributed by atoms with Gasteiger partial charge in [0.15, 0.2) is 11.6 Å². The van der Waals surface area contributed by atoms with Gasteiger partial charge in [-0.2, -0.15) is 9.97 Å². The first-order chi connectivity index (χ1) is 10.4. The largest absolute Gasteiger partial charge is 0.352 e. The molecule has 0 unspecified atom stereocenters. The molecule has 0 radical (unpaired) electrons. The molecule has 0 amide bonds. The molecule has 1 aliphatic rings. The predicted octanol–water partition coefficient (Wildman–Crippen LogP) is 3.27. The number of anilines is 1. The van der Waals surface area contributed by atoms with Crippen LogP contribution < -0.4 is 11.1 Å². The predicted molar refractivity (Wildman–Crippen MR) is 89.1 cm³/mol. The van der Waals surface area contributed by atoms with E-state index in [2.05, 4.69) is 20.3 Å². The summed E-state index contributed by atoms with van der Waals surface area (Å²) in [7, 11) is 0. The van der Waals surface area contributed by atoms with Gasteiger partial charge >= 0.3 is 0 Å². The Morgan fingerprint density at radius 2 is 1.77 bits per heavy atom. The van der Waals surface area contributed by atoms with Crippen molar-refractivity contribution >= 4 is 40.8 Å². The first kappa shape index (κ1) is 15.7. The number of nitrogens with two attached hydrogens (primary N) is 1. The molecule has 0 atom stereocenters. The molecule has 1 aliphatic carbocycles. The fourth-order valence-corrected chi connectivity index (χ4v) is 2.14. The Morgan fingerprint density at radius 1 is 1.09 bits per heavy atom. The number of alkyl halides is 3. The topological polar surface area (TPSA) is 76.7 Å². The zero-order chi connectivity index (χ0) is 15.8. The first-order valence-corrected chi connectivity index (χ1v) is 7.91. The number of hydrogen-bond acceptors (Lipinski definition) is 5. The number of nitrogens with zero attached hydrogens (tertiary/aromatic N) is 3. The van der Waals surface area contributed by atoms with Gasteiger partial charge in [-0.15, -0.1) is 0 Å². The lowest BCUT2D eigenvalue weighted by atomic mass is 10.2. The van der Waals surface area contributed by atoms with Crippen LogP contribution in [0.4, 0.5) is 5.95 Å². The van der Waals surface area contributed by atoms with Crippen LogP contribution in [0.1, 0.15) is 18.7 Å². The van der Waals surface area contributed by atoms with Crippen molar-refractivity contribution in [3.05, 3.63) is 36.2 Å². The normalized spacial score (nSPS) is 16.4. The van der Waals surface area contributed by atoms with E-state index in [0.717, 1.165) is 18.4 Å².